The fourth-order valence-electron chi connectivity index (χ4n) is 3.05. The van der Waals surface area contributed by atoms with Gasteiger partial charge in [-0.2, -0.15) is 4.31 Å². The van der Waals surface area contributed by atoms with Crippen LogP contribution in [0.5, 0.6) is 0 Å². The number of nitrogens with zero attached hydrogens (tertiary/aromatic N) is 1. The second-order valence-corrected chi connectivity index (χ2v) is 9.32. The molecule has 2 aromatic rings. The van der Waals surface area contributed by atoms with Crippen molar-refractivity contribution in [2.75, 3.05) is 25.0 Å². The van der Waals surface area contributed by atoms with E-state index in [1.54, 1.807) is 29.6 Å². The van der Waals surface area contributed by atoms with Gasteiger partial charge in [-0.1, -0.05) is 12.1 Å². The number of rotatable bonds is 7. The molecule has 28 heavy (non-hydrogen) atoms. The van der Waals surface area contributed by atoms with Crippen molar-refractivity contribution in [3.63, 3.8) is 0 Å². The Morgan fingerprint density at radius 1 is 1.25 bits per heavy atom. The molecule has 150 valence electrons. The molecule has 1 saturated heterocycles. The predicted molar refractivity (Wildman–Crippen MR) is 106 cm³/mol. The van der Waals surface area contributed by atoms with Gasteiger partial charge in [-0.15, -0.1) is 11.3 Å². The van der Waals surface area contributed by atoms with Gasteiger partial charge in [0.25, 0.3) is 15.9 Å². The van der Waals surface area contributed by atoms with Crippen molar-refractivity contribution in [1.29, 1.82) is 0 Å². The largest absolute Gasteiger partial charge is 0.395 e. The van der Waals surface area contributed by atoms with E-state index in [1.165, 1.54) is 16.4 Å². The molecule has 1 aliphatic rings. The van der Waals surface area contributed by atoms with E-state index in [4.69, 9.17) is 5.11 Å². The molecule has 2 amide bonds. The van der Waals surface area contributed by atoms with E-state index in [1.807, 2.05) is 0 Å². The average Bonchev–Trinajstić information content (AvgIpc) is 3.38. The molecular formula is C18H21N3O5S2. The molecule has 2 heterocycles. The summed E-state index contributed by atoms with van der Waals surface area (Å²) in [5.74, 6) is -0.793. The van der Waals surface area contributed by atoms with E-state index in [2.05, 4.69) is 10.6 Å². The quantitative estimate of drug-likeness (QED) is 0.620. The van der Waals surface area contributed by atoms with E-state index in [9.17, 15) is 18.0 Å². The lowest BCUT2D eigenvalue weighted by atomic mass is 10.1. The molecule has 1 aromatic carbocycles. The van der Waals surface area contributed by atoms with Gasteiger partial charge in [0.1, 0.15) is 10.3 Å². The van der Waals surface area contributed by atoms with Crippen LogP contribution in [0.25, 0.3) is 0 Å². The van der Waals surface area contributed by atoms with Crippen LogP contribution < -0.4 is 10.6 Å². The number of aliphatic hydroxyl groups excluding tert-OH is 1. The first kappa shape index (κ1) is 20.5. The Labute approximate surface area is 167 Å². The Balaban J connectivity index is 1.73. The van der Waals surface area contributed by atoms with E-state index >= 15 is 0 Å². The number of benzene rings is 1. The smallest absolute Gasteiger partial charge is 0.253 e. The minimum atomic E-state index is -3.71. The molecule has 1 atom stereocenters. The van der Waals surface area contributed by atoms with Crippen LogP contribution in [0.2, 0.25) is 0 Å². The highest BCUT2D eigenvalue weighted by atomic mass is 32.2. The molecule has 0 radical (unpaired) electrons. The summed E-state index contributed by atoms with van der Waals surface area (Å²) < 4.78 is 27.0. The zero-order chi connectivity index (χ0) is 20.1. The molecular weight excluding hydrogens is 402 g/mol. The second-order valence-electron chi connectivity index (χ2n) is 6.26. The Morgan fingerprint density at radius 2 is 2.07 bits per heavy atom. The Bertz CT molecular complexity index is 944. The minimum Gasteiger partial charge on any atom is -0.395 e. The van der Waals surface area contributed by atoms with Crippen LogP contribution in [-0.4, -0.2) is 55.4 Å². The third kappa shape index (κ3) is 4.41. The van der Waals surface area contributed by atoms with E-state index in [-0.39, 0.29) is 23.3 Å². The number of hydrogen-bond donors (Lipinski definition) is 3. The summed E-state index contributed by atoms with van der Waals surface area (Å²) in [5, 5.41) is 15.7. The molecule has 0 spiro atoms. The molecule has 0 aliphatic carbocycles. The topological polar surface area (TPSA) is 116 Å². The Kier molecular flexibility index (Phi) is 6.45. The number of thiophene rings is 1. The molecule has 0 bridgehead atoms. The molecule has 1 aromatic heterocycles. The van der Waals surface area contributed by atoms with E-state index in [0.29, 0.717) is 30.6 Å². The van der Waals surface area contributed by atoms with Crippen molar-refractivity contribution >= 4 is 38.9 Å². The van der Waals surface area contributed by atoms with Crippen LogP contribution in [0.15, 0.2) is 46.0 Å². The first-order chi connectivity index (χ1) is 13.4. The number of hydrogen-bond acceptors (Lipinski definition) is 6. The predicted octanol–water partition coefficient (Wildman–Crippen LogP) is 1.26. The van der Waals surface area contributed by atoms with Crippen LogP contribution in [0.4, 0.5) is 5.69 Å². The van der Waals surface area contributed by atoms with Gasteiger partial charge in [0.15, 0.2) is 0 Å². The van der Waals surface area contributed by atoms with Crippen LogP contribution in [0.3, 0.4) is 0 Å². The van der Waals surface area contributed by atoms with Gasteiger partial charge in [-0.05, 0) is 42.5 Å². The monoisotopic (exact) mass is 423 g/mol. The van der Waals surface area contributed by atoms with Crippen molar-refractivity contribution < 1.29 is 23.1 Å². The van der Waals surface area contributed by atoms with Crippen LogP contribution in [0, 0.1) is 0 Å². The molecule has 1 aliphatic heterocycles. The summed E-state index contributed by atoms with van der Waals surface area (Å²) in [7, 11) is -3.71. The fourth-order valence-corrected chi connectivity index (χ4v) is 5.83. The number of carbonyl (C=O) groups is 2. The summed E-state index contributed by atoms with van der Waals surface area (Å²) >= 11 is 1.12. The SMILES string of the molecule is O=C(NCCO)c1cccc(NC(=O)C2CCCN2S(=O)(=O)c2cccs2)c1. The first-order valence-corrected chi connectivity index (χ1v) is 11.1. The molecule has 0 saturated carbocycles. The second kappa shape index (κ2) is 8.82. The Morgan fingerprint density at radius 3 is 2.79 bits per heavy atom. The number of anilines is 1. The summed E-state index contributed by atoms with van der Waals surface area (Å²) in [5.41, 5.74) is 0.739. The number of carbonyl (C=O) groups excluding carboxylic acids is 2. The van der Waals surface area contributed by atoms with Crippen molar-refractivity contribution in [3.8, 4) is 0 Å². The lowest BCUT2D eigenvalue weighted by Crippen LogP contribution is -2.42. The number of aliphatic hydroxyl groups is 1. The highest BCUT2D eigenvalue weighted by molar-refractivity contribution is 7.91. The first-order valence-electron chi connectivity index (χ1n) is 8.79. The van der Waals surface area contributed by atoms with E-state index < -0.39 is 22.0 Å². The number of nitrogens with one attached hydrogen (secondary N) is 2. The summed E-state index contributed by atoms with van der Waals surface area (Å²) in [6.45, 7) is 0.257. The fraction of sp³-hybridized carbons (Fsp3) is 0.333. The average molecular weight is 424 g/mol. The maximum Gasteiger partial charge on any atom is 0.253 e. The van der Waals surface area contributed by atoms with Crippen molar-refractivity contribution in [2.45, 2.75) is 23.1 Å². The highest BCUT2D eigenvalue weighted by Crippen LogP contribution is 2.29. The molecule has 8 nitrogen and oxygen atoms in total. The van der Waals surface area contributed by atoms with Gasteiger partial charge in [-0.25, -0.2) is 8.42 Å². The van der Waals surface area contributed by atoms with Gasteiger partial charge in [0.2, 0.25) is 5.91 Å². The minimum absolute atomic E-state index is 0.132. The van der Waals surface area contributed by atoms with Gasteiger partial charge < -0.3 is 15.7 Å². The third-order valence-corrected chi connectivity index (χ3v) is 7.64. The summed E-state index contributed by atoms with van der Waals surface area (Å²) in [6.07, 6.45) is 1.04. The normalized spacial score (nSPS) is 17.4. The summed E-state index contributed by atoms with van der Waals surface area (Å²) in [4.78, 5) is 24.7. The zero-order valence-corrected chi connectivity index (χ0v) is 16.6. The zero-order valence-electron chi connectivity index (χ0n) is 15.0. The standard InChI is InChI=1S/C18H21N3O5S2/c22-10-8-19-17(23)13-4-1-5-14(12-13)20-18(24)15-6-2-9-21(15)28(25,26)16-7-3-11-27-16/h1,3-5,7,11-12,15,22H,2,6,8-10H2,(H,19,23)(H,20,24). The molecule has 3 N–H and O–H groups in total. The lowest BCUT2D eigenvalue weighted by Gasteiger charge is -2.22. The number of sulfonamides is 1. The molecule has 10 heteroatoms. The maximum atomic E-state index is 12.8. The van der Waals surface area contributed by atoms with Gasteiger partial charge in [0.05, 0.1) is 6.61 Å². The number of amides is 2. The maximum absolute atomic E-state index is 12.8. The van der Waals surface area contributed by atoms with E-state index in [0.717, 1.165) is 11.3 Å². The van der Waals surface area contributed by atoms with Gasteiger partial charge in [0, 0.05) is 24.3 Å². The third-order valence-electron chi connectivity index (χ3n) is 4.35. The van der Waals surface area contributed by atoms with Crippen LogP contribution >= 0.6 is 11.3 Å². The van der Waals surface area contributed by atoms with Crippen molar-refractivity contribution in [3.05, 3.63) is 47.3 Å². The molecule has 1 unspecified atom stereocenters. The lowest BCUT2D eigenvalue weighted by molar-refractivity contribution is -0.119. The van der Waals surface area contributed by atoms with Crippen molar-refractivity contribution in [1.82, 2.24) is 9.62 Å². The van der Waals surface area contributed by atoms with Crippen LogP contribution in [-0.2, 0) is 14.8 Å². The van der Waals surface area contributed by atoms with Crippen LogP contribution in [0.1, 0.15) is 23.2 Å². The summed E-state index contributed by atoms with van der Waals surface area (Å²) in [6, 6.07) is 8.76. The Hall–Kier alpha value is -2.27. The van der Waals surface area contributed by atoms with Gasteiger partial charge >= 0.3 is 0 Å². The van der Waals surface area contributed by atoms with Crippen molar-refractivity contribution in [2.24, 2.45) is 0 Å². The molecule has 3 rings (SSSR count). The van der Waals surface area contributed by atoms with Gasteiger partial charge in [-0.3, -0.25) is 9.59 Å². The highest BCUT2D eigenvalue weighted by Gasteiger charge is 2.39. The molecule has 1 fully saturated rings.